The molecule has 3 rings (SSSR count). The average molecular weight is 420 g/mol. The molecule has 1 aromatic heterocycles. The average Bonchev–Trinajstić information content (AvgIpc) is 2.69. The Labute approximate surface area is 178 Å². The zero-order chi connectivity index (χ0) is 20.1. The van der Waals surface area contributed by atoms with Crippen molar-refractivity contribution < 1.29 is 9.53 Å². The Morgan fingerprint density at radius 3 is 2.83 bits per heavy atom. The molecule has 0 aliphatic carbocycles. The van der Waals surface area contributed by atoms with Crippen molar-refractivity contribution in [3.8, 4) is 5.69 Å². The molecule has 29 heavy (non-hydrogen) atoms. The summed E-state index contributed by atoms with van der Waals surface area (Å²) in [5.74, 6) is 0.0287. The molecule has 6 nitrogen and oxygen atoms in total. The first-order chi connectivity index (χ1) is 13.5. The highest BCUT2D eigenvalue weighted by molar-refractivity contribution is 5.95. The summed E-state index contributed by atoms with van der Waals surface area (Å²) in [6, 6.07) is 9.68. The van der Waals surface area contributed by atoms with Crippen LogP contribution in [0.2, 0.25) is 0 Å². The Hall–Kier alpha value is -2.15. The van der Waals surface area contributed by atoms with Gasteiger partial charge in [-0.25, -0.2) is 0 Å². The van der Waals surface area contributed by atoms with Gasteiger partial charge >= 0.3 is 0 Å². The van der Waals surface area contributed by atoms with Crippen molar-refractivity contribution in [2.45, 2.75) is 39.2 Å². The van der Waals surface area contributed by atoms with Gasteiger partial charge in [0.25, 0.3) is 11.5 Å². The first-order valence-electron chi connectivity index (χ1n) is 9.90. The van der Waals surface area contributed by atoms with Gasteiger partial charge in [0.2, 0.25) is 0 Å². The monoisotopic (exact) mass is 419 g/mol. The summed E-state index contributed by atoms with van der Waals surface area (Å²) in [5.41, 5.74) is 2.49. The van der Waals surface area contributed by atoms with Gasteiger partial charge in [-0.15, -0.1) is 12.4 Å². The van der Waals surface area contributed by atoms with E-state index in [1.165, 1.54) is 0 Å². The first-order valence-corrected chi connectivity index (χ1v) is 9.90. The van der Waals surface area contributed by atoms with E-state index in [0.29, 0.717) is 24.6 Å². The fraction of sp³-hybridized carbons (Fsp3) is 0.455. The minimum Gasteiger partial charge on any atom is -0.376 e. The molecule has 0 radical (unpaired) electrons. The molecule has 1 amide bonds. The Bertz CT molecular complexity index is 889. The van der Waals surface area contributed by atoms with Crippen molar-refractivity contribution >= 4 is 18.3 Å². The molecule has 0 bridgehead atoms. The number of nitrogens with one attached hydrogen (secondary N) is 2. The van der Waals surface area contributed by atoms with E-state index < -0.39 is 0 Å². The fourth-order valence-corrected chi connectivity index (χ4v) is 3.38. The van der Waals surface area contributed by atoms with E-state index in [-0.39, 0.29) is 35.5 Å². The summed E-state index contributed by atoms with van der Waals surface area (Å²) in [6.45, 7) is 8.84. The molecule has 158 valence electrons. The number of morpholine rings is 1. The molecule has 2 heterocycles. The van der Waals surface area contributed by atoms with Gasteiger partial charge in [-0.3, -0.25) is 14.2 Å². The summed E-state index contributed by atoms with van der Waals surface area (Å²) in [7, 11) is 0. The van der Waals surface area contributed by atoms with Crippen molar-refractivity contribution in [1.82, 2.24) is 15.2 Å². The molecule has 1 fully saturated rings. The van der Waals surface area contributed by atoms with Crippen LogP contribution in [0.25, 0.3) is 5.69 Å². The second kappa shape index (κ2) is 10.6. The lowest BCUT2D eigenvalue weighted by Gasteiger charge is -2.23. The van der Waals surface area contributed by atoms with Crippen molar-refractivity contribution in [3.63, 3.8) is 0 Å². The van der Waals surface area contributed by atoms with E-state index in [9.17, 15) is 9.59 Å². The lowest BCUT2D eigenvalue weighted by Crippen LogP contribution is -2.41. The number of amides is 1. The van der Waals surface area contributed by atoms with Crippen LogP contribution in [0.1, 0.15) is 47.7 Å². The molecule has 1 aliphatic rings. The molecule has 1 saturated heterocycles. The maximum Gasteiger partial charge on any atom is 0.268 e. The predicted octanol–water partition coefficient (Wildman–Crippen LogP) is 2.80. The molecular weight excluding hydrogens is 390 g/mol. The highest BCUT2D eigenvalue weighted by Crippen LogP contribution is 2.17. The molecule has 0 saturated carbocycles. The molecule has 2 aromatic rings. The van der Waals surface area contributed by atoms with Crippen LogP contribution in [0.4, 0.5) is 0 Å². The molecular formula is C22H30ClN3O3. The van der Waals surface area contributed by atoms with E-state index in [1.807, 2.05) is 30.3 Å². The summed E-state index contributed by atoms with van der Waals surface area (Å²) in [5, 5.41) is 6.15. The number of carbonyl (C=O) groups is 1. The van der Waals surface area contributed by atoms with E-state index >= 15 is 0 Å². The van der Waals surface area contributed by atoms with E-state index in [1.54, 1.807) is 17.7 Å². The standard InChI is InChI=1S/C22H29N3O3.ClH/c1-15(2)17-5-4-6-18(13-17)25-11-8-16(3)20(22(25)27)21(26)24-9-7-19-14-23-10-12-28-19;/h4-6,8,11,13,15,19,23H,7,9-10,12,14H2,1-3H3,(H,24,26);1H. The van der Waals surface area contributed by atoms with Gasteiger partial charge < -0.3 is 15.4 Å². The molecule has 1 aromatic carbocycles. The molecule has 7 heteroatoms. The maximum atomic E-state index is 13.0. The zero-order valence-corrected chi connectivity index (χ0v) is 18.1. The Morgan fingerprint density at radius 2 is 2.14 bits per heavy atom. The highest BCUT2D eigenvalue weighted by Gasteiger charge is 2.18. The number of pyridine rings is 1. The third-order valence-corrected chi connectivity index (χ3v) is 5.10. The summed E-state index contributed by atoms with van der Waals surface area (Å²) < 4.78 is 7.18. The van der Waals surface area contributed by atoms with Crippen LogP contribution >= 0.6 is 12.4 Å². The minimum absolute atomic E-state index is 0. The minimum atomic E-state index is -0.333. The summed E-state index contributed by atoms with van der Waals surface area (Å²) in [6.07, 6.45) is 2.55. The molecule has 1 atom stereocenters. The van der Waals surface area contributed by atoms with Crippen molar-refractivity contribution in [3.05, 3.63) is 63.6 Å². The van der Waals surface area contributed by atoms with Crippen LogP contribution in [0.3, 0.4) is 0 Å². The number of rotatable bonds is 6. The molecule has 0 spiro atoms. The second-order valence-corrected chi connectivity index (χ2v) is 7.54. The summed E-state index contributed by atoms with van der Waals surface area (Å²) >= 11 is 0. The van der Waals surface area contributed by atoms with E-state index in [2.05, 4.69) is 24.5 Å². The zero-order valence-electron chi connectivity index (χ0n) is 17.2. The molecule has 1 aliphatic heterocycles. The van der Waals surface area contributed by atoms with Crippen molar-refractivity contribution in [1.29, 1.82) is 0 Å². The van der Waals surface area contributed by atoms with Gasteiger partial charge in [0.1, 0.15) is 5.56 Å². The number of hydrogen-bond donors (Lipinski definition) is 2. The number of benzene rings is 1. The van der Waals surface area contributed by atoms with Crippen LogP contribution in [0.15, 0.2) is 41.3 Å². The second-order valence-electron chi connectivity index (χ2n) is 7.54. The van der Waals surface area contributed by atoms with Gasteiger partial charge in [0.05, 0.1) is 12.7 Å². The van der Waals surface area contributed by atoms with Gasteiger partial charge in [-0.2, -0.15) is 0 Å². The van der Waals surface area contributed by atoms with Gasteiger partial charge in [-0.05, 0) is 48.6 Å². The van der Waals surface area contributed by atoms with Crippen LogP contribution < -0.4 is 16.2 Å². The Morgan fingerprint density at radius 1 is 1.34 bits per heavy atom. The third kappa shape index (κ3) is 5.69. The molecule has 2 N–H and O–H groups in total. The predicted molar refractivity (Wildman–Crippen MR) is 118 cm³/mol. The first kappa shape index (κ1) is 23.1. The van der Waals surface area contributed by atoms with Crippen LogP contribution in [-0.4, -0.2) is 42.8 Å². The van der Waals surface area contributed by atoms with Gasteiger partial charge in [0, 0.05) is 31.5 Å². The fourth-order valence-electron chi connectivity index (χ4n) is 3.38. The number of nitrogens with zero attached hydrogens (tertiary/aromatic N) is 1. The van der Waals surface area contributed by atoms with Crippen molar-refractivity contribution in [2.75, 3.05) is 26.2 Å². The van der Waals surface area contributed by atoms with Gasteiger partial charge in [0.15, 0.2) is 0 Å². The number of hydrogen-bond acceptors (Lipinski definition) is 4. The quantitative estimate of drug-likeness (QED) is 0.755. The van der Waals surface area contributed by atoms with Gasteiger partial charge in [-0.1, -0.05) is 26.0 Å². The van der Waals surface area contributed by atoms with Crippen LogP contribution in [-0.2, 0) is 4.74 Å². The van der Waals surface area contributed by atoms with E-state index in [4.69, 9.17) is 4.74 Å². The molecule has 1 unspecified atom stereocenters. The number of ether oxygens (including phenoxy) is 1. The SMILES string of the molecule is Cc1ccn(-c2cccc(C(C)C)c2)c(=O)c1C(=O)NCCC1CNCCO1.Cl. The van der Waals surface area contributed by atoms with Crippen molar-refractivity contribution in [2.24, 2.45) is 0 Å². The maximum absolute atomic E-state index is 13.0. The Kier molecular flexibility index (Phi) is 8.44. The topological polar surface area (TPSA) is 72.4 Å². The Balaban J connectivity index is 0.00000300. The highest BCUT2D eigenvalue weighted by atomic mass is 35.5. The number of aryl methyl sites for hydroxylation is 1. The van der Waals surface area contributed by atoms with Crippen LogP contribution in [0, 0.1) is 6.92 Å². The number of halogens is 1. The third-order valence-electron chi connectivity index (χ3n) is 5.10. The number of aromatic nitrogens is 1. The van der Waals surface area contributed by atoms with E-state index in [0.717, 1.165) is 30.8 Å². The largest absolute Gasteiger partial charge is 0.376 e. The number of carbonyl (C=O) groups excluding carboxylic acids is 1. The lowest BCUT2D eigenvalue weighted by molar-refractivity contribution is 0.0239. The smallest absolute Gasteiger partial charge is 0.268 e. The normalized spacial score (nSPS) is 16.3. The summed E-state index contributed by atoms with van der Waals surface area (Å²) in [4.78, 5) is 25.8. The van der Waals surface area contributed by atoms with Crippen LogP contribution in [0.5, 0.6) is 0 Å². The lowest BCUT2D eigenvalue weighted by atomic mass is 10.0.